The fourth-order valence-electron chi connectivity index (χ4n) is 10.3. The predicted octanol–water partition coefficient (Wildman–Crippen LogP) is 11.6. The van der Waals surface area contributed by atoms with Crippen molar-refractivity contribution in [2.45, 2.75) is 159 Å². The third-order valence-corrected chi connectivity index (χ3v) is 13.5. The average Bonchev–Trinajstić information content (AvgIpc) is 3.80. The second-order valence-electron chi connectivity index (χ2n) is 16.6. The fourth-order valence-corrected chi connectivity index (χ4v) is 10.3. The van der Waals surface area contributed by atoms with Gasteiger partial charge in [-0.3, -0.25) is 9.59 Å². The van der Waals surface area contributed by atoms with Crippen molar-refractivity contribution in [1.82, 2.24) is 4.90 Å². The molecule has 1 spiro atoms. The first kappa shape index (κ1) is 36.3. The maximum absolute atomic E-state index is 13.6. The minimum Gasteiger partial charge on any atom is -0.300 e. The van der Waals surface area contributed by atoms with Gasteiger partial charge >= 0.3 is 0 Å². The molecule has 4 unspecified atom stereocenters. The van der Waals surface area contributed by atoms with Gasteiger partial charge in [-0.2, -0.15) is 0 Å². The first-order valence-electron chi connectivity index (χ1n) is 20.7. The van der Waals surface area contributed by atoms with Gasteiger partial charge in [0.25, 0.3) is 0 Å². The first-order chi connectivity index (χ1) is 24.0. The van der Waals surface area contributed by atoms with Crippen molar-refractivity contribution >= 4 is 17.6 Å². The highest BCUT2D eigenvalue weighted by molar-refractivity contribution is 5.86. The molecule has 1 saturated heterocycles. The van der Waals surface area contributed by atoms with Gasteiger partial charge < -0.3 is 4.90 Å². The minimum absolute atomic E-state index is 0.00269. The summed E-state index contributed by atoms with van der Waals surface area (Å²) in [5.41, 5.74) is 4.46. The van der Waals surface area contributed by atoms with E-state index in [1.807, 2.05) is 0 Å². The van der Waals surface area contributed by atoms with Crippen molar-refractivity contribution in [3.05, 3.63) is 77.4 Å². The van der Waals surface area contributed by atoms with Crippen molar-refractivity contribution in [3.63, 3.8) is 0 Å². The van der Waals surface area contributed by atoms with Gasteiger partial charge in [0.05, 0.1) is 0 Å². The lowest BCUT2D eigenvalue weighted by molar-refractivity contribution is -0.125. The number of carbonyl (C=O) groups is 2. The van der Waals surface area contributed by atoms with E-state index in [1.165, 1.54) is 121 Å². The smallest absolute Gasteiger partial charge is 0.140 e. The van der Waals surface area contributed by atoms with E-state index in [1.54, 1.807) is 5.56 Å². The Hall–Kier alpha value is -2.52. The summed E-state index contributed by atoms with van der Waals surface area (Å²) in [6, 6.07) is 20.3. The molecule has 4 aliphatic rings. The van der Waals surface area contributed by atoms with E-state index in [0.29, 0.717) is 30.3 Å². The number of hydrogen-bond acceptors (Lipinski definition) is 3. The Bertz CT molecular complexity index is 1350. The normalized spacial score (nSPS) is 27.0. The van der Waals surface area contributed by atoms with Crippen LogP contribution in [0.5, 0.6) is 0 Å². The van der Waals surface area contributed by atoms with Gasteiger partial charge in [-0.15, -0.1) is 0 Å². The van der Waals surface area contributed by atoms with E-state index in [-0.39, 0.29) is 17.3 Å². The molecule has 1 heterocycles. The molecule has 3 fully saturated rings. The summed E-state index contributed by atoms with van der Waals surface area (Å²) in [5.74, 6) is 2.37. The van der Waals surface area contributed by atoms with Gasteiger partial charge in [0.1, 0.15) is 11.6 Å². The number of benzene rings is 2. The zero-order valence-electron chi connectivity index (χ0n) is 30.8. The van der Waals surface area contributed by atoms with E-state index in [9.17, 15) is 9.59 Å². The number of hydrogen-bond donors (Lipinski definition) is 0. The van der Waals surface area contributed by atoms with E-state index in [0.717, 1.165) is 37.6 Å². The highest BCUT2D eigenvalue weighted by Gasteiger charge is 2.36. The summed E-state index contributed by atoms with van der Waals surface area (Å²) in [7, 11) is 0. The Morgan fingerprint density at radius 1 is 0.735 bits per heavy atom. The highest BCUT2D eigenvalue weighted by Crippen LogP contribution is 2.46. The van der Waals surface area contributed by atoms with Crippen LogP contribution in [-0.4, -0.2) is 35.6 Å². The summed E-state index contributed by atoms with van der Waals surface area (Å²) < 4.78 is 0. The van der Waals surface area contributed by atoms with Crippen molar-refractivity contribution in [2.75, 3.05) is 13.1 Å². The van der Waals surface area contributed by atoms with Gasteiger partial charge in [0.2, 0.25) is 0 Å². The summed E-state index contributed by atoms with van der Waals surface area (Å²) in [6.45, 7) is 4.74. The molecular formula is C46H65NO2. The molecule has 2 aromatic rings. The standard InChI is InChI=1S/C46H65NO2/c1-36(38-25-27-41(28-26-38)47-34-14-15-35-47)44(48)23-10-11-24-45(49)42(39-18-5-3-6-19-39)21-7-2-4-16-37-17-12-13-31-46(32-29-37)33-30-40-20-8-9-22-43(40)46/h3,5-6,8-9,18-20,22,30,33,36-38,41-42H,2,4,7,10-17,21,23-29,31-32,34-35H2,1H3. The average molecular weight is 664 g/mol. The van der Waals surface area contributed by atoms with Crippen LogP contribution in [0.1, 0.15) is 164 Å². The minimum atomic E-state index is -0.00269. The molecule has 3 aliphatic carbocycles. The van der Waals surface area contributed by atoms with Crippen LogP contribution in [0.3, 0.4) is 0 Å². The monoisotopic (exact) mass is 664 g/mol. The third-order valence-electron chi connectivity index (χ3n) is 13.5. The molecule has 0 aromatic heterocycles. The van der Waals surface area contributed by atoms with E-state index >= 15 is 0 Å². The van der Waals surface area contributed by atoms with Gasteiger partial charge in [-0.1, -0.05) is 119 Å². The van der Waals surface area contributed by atoms with Gasteiger partial charge in [-0.05, 0) is 119 Å². The van der Waals surface area contributed by atoms with Crippen molar-refractivity contribution < 1.29 is 9.59 Å². The molecule has 2 saturated carbocycles. The number of carbonyl (C=O) groups excluding carboxylic acids is 2. The summed E-state index contributed by atoms with van der Waals surface area (Å²) >= 11 is 0. The highest BCUT2D eigenvalue weighted by atomic mass is 16.1. The van der Waals surface area contributed by atoms with Gasteiger partial charge in [-0.25, -0.2) is 0 Å². The molecule has 49 heavy (non-hydrogen) atoms. The number of rotatable bonds is 16. The number of Topliss-reactive ketones (excluding diaryl/α,β-unsaturated/α-hetero) is 2. The SMILES string of the molecule is CC(C(=O)CCCCC(=O)C(CCCCCC1CCCCC2(C=Cc3ccccc32)CC1)c1ccccc1)C1CCC(N2CCCC2)CC1. The molecule has 0 radical (unpaired) electrons. The van der Waals surface area contributed by atoms with Crippen LogP contribution in [0, 0.1) is 17.8 Å². The van der Waals surface area contributed by atoms with Gasteiger partial charge in [0, 0.05) is 36.1 Å². The lowest BCUT2D eigenvalue weighted by Crippen LogP contribution is -2.37. The van der Waals surface area contributed by atoms with Crippen molar-refractivity contribution in [2.24, 2.45) is 17.8 Å². The number of nitrogens with zero attached hydrogens (tertiary/aromatic N) is 1. The first-order valence-corrected chi connectivity index (χ1v) is 20.7. The topological polar surface area (TPSA) is 37.4 Å². The Kier molecular flexibility index (Phi) is 13.4. The lowest BCUT2D eigenvalue weighted by Gasteiger charge is -2.36. The zero-order chi connectivity index (χ0) is 33.9. The third kappa shape index (κ3) is 9.63. The molecule has 0 N–H and O–H groups in total. The zero-order valence-corrected chi connectivity index (χ0v) is 30.8. The largest absolute Gasteiger partial charge is 0.300 e. The molecule has 266 valence electrons. The quantitative estimate of drug-likeness (QED) is 0.168. The van der Waals surface area contributed by atoms with Crippen LogP contribution in [0.4, 0.5) is 0 Å². The van der Waals surface area contributed by atoms with E-state index in [4.69, 9.17) is 0 Å². The number of ketones is 2. The van der Waals surface area contributed by atoms with Crippen LogP contribution in [0.2, 0.25) is 0 Å². The maximum Gasteiger partial charge on any atom is 0.140 e. The second-order valence-corrected chi connectivity index (χ2v) is 16.6. The molecule has 2 aromatic carbocycles. The van der Waals surface area contributed by atoms with Crippen LogP contribution in [-0.2, 0) is 15.0 Å². The molecular weight excluding hydrogens is 599 g/mol. The van der Waals surface area contributed by atoms with E-state index in [2.05, 4.69) is 78.6 Å². The lowest BCUT2D eigenvalue weighted by atomic mass is 9.70. The van der Waals surface area contributed by atoms with Crippen LogP contribution >= 0.6 is 0 Å². The van der Waals surface area contributed by atoms with Gasteiger partial charge in [0.15, 0.2) is 0 Å². The Morgan fingerprint density at radius 3 is 2.27 bits per heavy atom. The summed E-state index contributed by atoms with van der Waals surface area (Å²) in [6.07, 6.45) is 29.4. The Balaban J connectivity index is 0.897. The van der Waals surface area contributed by atoms with Crippen LogP contribution in [0.25, 0.3) is 6.08 Å². The number of likely N-dealkylation sites (tertiary alicyclic amines) is 1. The Morgan fingerprint density at radius 2 is 1.47 bits per heavy atom. The summed E-state index contributed by atoms with van der Waals surface area (Å²) in [5, 5.41) is 0. The van der Waals surface area contributed by atoms with Crippen molar-refractivity contribution in [1.29, 1.82) is 0 Å². The Labute approximate surface area is 298 Å². The summed E-state index contributed by atoms with van der Waals surface area (Å²) in [4.78, 5) is 29.5. The van der Waals surface area contributed by atoms with Crippen molar-refractivity contribution in [3.8, 4) is 0 Å². The molecule has 3 heteroatoms. The molecule has 1 aliphatic heterocycles. The molecule has 3 nitrogen and oxygen atoms in total. The van der Waals surface area contributed by atoms with Crippen LogP contribution < -0.4 is 0 Å². The maximum atomic E-state index is 13.6. The number of allylic oxidation sites excluding steroid dienone is 1. The van der Waals surface area contributed by atoms with E-state index < -0.39 is 0 Å². The molecule has 0 amide bonds. The molecule has 6 rings (SSSR count). The number of fused-ring (bicyclic) bond motifs is 2. The number of unbranched alkanes of at least 4 members (excludes halogenated alkanes) is 3. The molecule has 0 bridgehead atoms. The second kappa shape index (κ2) is 18.1. The molecule has 4 atom stereocenters. The fraction of sp³-hybridized carbons (Fsp3) is 0.652. The van der Waals surface area contributed by atoms with Crippen LogP contribution in [0.15, 0.2) is 60.7 Å². The predicted molar refractivity (Wildman–Crippen MR) is 205 cm³/mol.